The number of thioether (sulfide) groups is 1. The number of aromatic nitrogens is 1. The van der Waals surface area contributed by atoms with Crippen molar-refractivity contribution in [1.29, 1.82) is 0 Å². The second kappa shape index (κ2) is 5.95. The van der Waals surface area contributed by atoms with Crippen molar-refractivity contribution < 1.29 is 15.3 Å². The number of hydrogen-bond donors (Lipinski definition) is 3. The molecule has 2 rings (SSSR count). The maximum Gasteiger partial charge on any atom is 0.147 e. The molecular formula is C14H15NO3S. The van der Waals surface area contributed by atoms with Crippen LogP contribution in [0.25, 0.3) is 0 Å². The predicted octanol–water partition coefficient (Wildman–Crippen LogP) is 2.71. The van der Waals surface area contributed by atoms with Gasteiger partial charge < -0.3 is 15.3 Å². The fraction of sp³-hybridized carbons (Fsp3) is 0.214. The lowest BCUT2D eigenvalue weighted by molar-refractivity contribution is 0.179. The summed E-state index contributed by atoms with van der Waals surface area (Å²) in [5.41, 5.74) is 0.716. The minimum absolute atomic E-state index is 0.109. The zero-order valence-corrected chi connectivity index (χ0v) is 11.2. The molecule has 2 atom stereocenters. The summed E-state index contributed by atoms with van der Waals surface area (Å²) in [6, 6.07) is 9.64. The summed E-state index contributed by atoms with van der Waals surface area (Å²) in [7, 11) is 0. The third kappa shape index (κ3) is 3.39. The molecule has 0 aliphatic heterocycles. The summed E-state index contributed by atoms with van der Waals surface area (Å²) in [6.07, 6.45) is 0.897. The second-order valence-electron chi connectivity index (χ2n) is 4.19. The molecule has 1 heterocycles. The number of hydrogen-bond acceptors (Lipinski definition) is 5. The Balaban J connectivity index is 2.09. The number of phenolic OH excluding ortho intramolecular Hbond substituents is 1. The Morgan fingerprint density at radius 3 is 2.42 bits per heavy atom. The van der Waals surface area contributed by atoms with Crippen molar-refractivity contribution in [3.05, 3.63) is 48.2 Å². The van der Waals surface area contributed by atoms with Gasteiger partial charge in [0.2, 0.25) is 0 Å². The highest BCUT2D eigenvalue weighted by Gasteiger charge is 2.19. The Hall–Kier alpha value is -1.72. The van der Waals surface area contributed by atoms with Crippen molar-refractivity contribution in [1.82, 2.24) is 4.98 Å². The molecule has 0 aliphatic carbocycles. The van der Waals surface area contributed by atoms with E-state index < -0.39 is 6.10 Å². The lowest BCUT2D eigenvalue weighted by Gasteiger charge is -2.18. The van der Waals surface area contributed by atoms with E-state index in [-0.39, 0.29) is 16.7 Å². The maximum absolute atomic E-state index is 10.2. The largest absolute Gasteiger partial charge is 0.508 e. The summed E-state index contributed by atoms with van der Waals surface area (Å²) in [5.74, 6) is 0.274. The Morgan fingerprint density at radius 1 is 1.11 bits per heavy atom. The molecular weight excluding hydrogens is 262 g/mol. The van der Waals surface area contributed by atoms with Gasteiger partial charge in [-0.05, 0) is 29.8 Å². The van der Waals surface area contributed by atoms with E-state index in [0.29, 0.717) is 10.6 Å². The molecule has 2 unspecified atom stereocenters. The average Bonchev–Trinajstić information content (AvgIpc) is 2.41. The van der Waals surface area contributed by atoms with Crippen molar-refractivity contribution in [3.63, 3.8) is 0 Å². The van der Waals surface area contributed by atoms with E-state index >= 15 is 0 Å². The van der Waals surface area contributed by atoms with Crippen LogP contribution in [0.1, 0.15) is 18.6 Å². The molecule has 0 saturated carbocycles. The fourth-order valence-electron chi connectivity index (χ4n) is 1.66. The molecule has 1 aromatic heterocycles. The average molecular weight is 277 g/mol. The minimum Gasteiger partial charge on any atom is -0.508 e. The van der Waals surface area contributed by atoms with E-state index in [1.165, 1.54) is 23.9 Å². The molecule has 0 spiro atoms. The van der Waals surface area contributed by atoms with Gasteiger partial charge >= 0.3 is 0 Å². The van der Waals surface area contributed by atoms with E-state index in [1.54, 1.807) is 30.5 Å². The van der Waals surface area contributed by atoms with Gasteiger partial charge in [0.05, 0.1) is 6.10 Å². The highest BCUT2D eigenvalue weighted by molar-refractivity contribution is 8.00. The highest BCUT2D eigenvalue weighted by Crippen LogP contribution is 2.35. The number of aliphatic hydroxyl groups excluding tert-OH is 1. The van der Waals surface area contributed by atoms with Crippen LogP contribution in [0.2, 0.25) is 0 Å². The predicted molar refractivity (Wildman–Crippen MR) is 74.3 cm³/mol. The summed E-state index contributed by atoms with van der Waals surface area (Å²) in [4.78, 5) is 4.07. The highest BCUT2D eigenvalue weighted by atomic mass is 32.2. The third-order valence-electron chi connectivity index (χ3n) is 2.73. The number of aliphatic hydroxyl groups is 1. The van der Waals surface area contributed by atoms with Gasteiger partial charge in [-0.2, -0.15) is 0 Å². The Kier molecular flexibility index (Phi) is 4.29. The molecule has 0 fully saturated rings. The fourth-order valence-corrected chi connectivity index (χ4v) is 2.60. The quantitative estimate of drug-likeness (QED) is 0.749. The van der Waals surface area contributed by atoms with Crippen LogP contribution < -0.4 is 0 Å². The smallest absolute Gasteiger partial charge is 0.147 e. The van der Waals surface area contributed by atoms with Crippen LogP contribution in [0.4, 0.5) is 0 Å². The number of phenols is 1. The van der Waals surface area contributed by atoms with E-state index in [4.69, 9.17) is 0 Å². The van der Waals surface area contributed by atoms with Crippen molar-refractivity contribution in [3.8, 4) is 11.5 Å². The summed E-state index contributed by atoms with van der Waals surface area (Å²) >= 11 is 1.30. The molecule has 4 nitrogen and oxygen atoms in total. The van der Waals surface area contributed by atoms with E-state index in [0.717, 1.165) is 0 Å². The van der Waals surface area contributed by atoms with Gasteiger partial charge in [-0.1, -0.05) is 30.8 Å². The molecule has 0 radical (unpaired) electrons. The first kappa shape index (κ1) is 13.7. The molecule has 5 heteroatoms. The summed E-state index contributed by atoms with van der Waals surface area (Å²) in [5, 5.41) is 29.4. The van der Waals surface area contributed by atoms with Crippen LogP contribution in [0, 0.1) is 0 Å². The minimum atomic E-state index is -0.702. The van der Waals surface area contributed by atoms with Gasteiger partial charge in [0.1, 0.15) is 16.5 Å². The number of nitrogens with zero attached hydrogens (tertiary/aromatic N) is 1. The van der Waals surface area contributed by atoms with Gasteiger partial charge in [0, 0.05) is 11.4 Å². The lowest BCUT2D eigenvalue weighted by atomic mass is 10.1. The molecule has 0 saturated heterocycles. The Bertz CT molecular complexity index is 545. The number of pyridine rings is 1. The summed E-state index contributed by atoms with van der Waals surface area (Å²) in [6.45, 7) is 1.86. The van der Waals surface area contributed by atoms with Gasteiger partial charge in [-0.15, -0.1) is 0 Å². The zero-order chi connectivity index (χ0) is 13.8. The first-order valence-electron chi connectivity index (χ1n) is 5.85. The van der Waals surface area contributed by atoms with Crippen molar-refractivity contribution in [2.75, 3.05) is 0 Å². The van der Waals surface area contributed by atoms with Crippen LogP contribution >= 0.6 is 11.8 Å². The molecule has 0 amide bonds. The van der Waals surface area contributed by atoms with Crippen LogP contribution in [-0.4, -0.2) is 25.6 Å². The van der Waals surface area contributed by atoms with Gasteiger partial charge in [0.25, 0.3) is 0 Å². The lowest BCUT2D eigenvalue weighted by Crippen LogP contribution is -2.11. The van der Waals surface area contributed by atoms with Crippen LogP contribution in [0.3, 0.4) is 0 Å². The number of rotatable bonds is 4. The number of aromatic hydroxyl groups is 2. The second-order valence-corrected chi connectivity index (χ2v) is 5.55. The van der Waals surface area contributed by atoms with Gasteiger partial charge in [-0.25, -0.2) is 4.98 Å². The van der Waals surface area contributed by atoms with Crippen molar-refractivity contribution >= 4 is 11.8 Å². The van der Waals surface area contributed by atoms with E-state index in [9.17, 15) is 15.3 Å². The molecule has 0 bridgehead atoms. The SMILES string of the molecule is CC(Sc1ncccc1O)C(O)c1ccc(O)cc1. The van der Waals surface area contributed by atoms with Crippen LogP contribution in [0.15, 0.2) is 47.6 Å². The van der Waals surface area contributed by atoms with E-state index in [1.807, 2.05) is 6.92 Å². The number of benzene rings is 1. The van der Waals surface area contributed by atoms with Gasteiger partial charge in [0.15, 0.2) is 0 Å². The molecule has 100 valence electrons. The first-order valence-corrected chi connectivity index (χ1v) is 6.73. The Morgan fingerprint density at radius 2 is 1.79 bits per heavy atom. The maximum atomic E-state index is 10.2. The van der Waals surface area contributed by atoms with Crippen molar-refractivity contribution in [2.24, 2.45) is 0 Å². The standard InChI is InChI=1S/C14H15NO3S/c1-9(19-14-12(17)3-2-8-15-14)13(18)10-4-6-11(16)7-5-10/h2-9,13,16-18H,1H3. The van der Waals surface area contributed by atoms with Gasteiger partial charge in [-0.3, -0.25) is 0 Å². The normalized spacial score (nSPS) is 14.0. The van der Waals surface area contributed by atoms with E-state index in [2.05, 4.69) is 4.98 Å². The molecule has 19 heavy (non-hydrogen) atoms. The van der Waals surface area contributed by atoms with Crippen molar-refractivity contribution in [2.45, 2.75) is 23.3 Å². The molecule has 0 aliphatic rings. The zero-order valence-electron chi connectivity index (χ0n) is 10.4. The van der Waals surface area contributed by atoms with Crippen LogP contribution in [0.5, 0.6) is 11.5 Å². The monoisotopic (exact) mass is 277 g/mol. The first-order chi connectivity index (χ1) is 9.08. The Labute approximate surface area is 115 Å². The topological polar surface area (TPSA) is 73.6 Å². The third-order valence-corrected chi connectivity index (χ3v) is 3.90. The molecule has 3 N–H and O–H groups in total. The molecule has 2 aromatic rings. The van der Waals surface area contributed by atoms with Crippen LogP contribution in [-0.2, 0) is 0 Å². The summed E-state index contributed by atoms with van der Waals surface area (Å²) < 4.78 is 0. The molecule has 1 aromatic carbocycles.